The molecule has 25 heavy (non-hydrogen) atoms. The van der Waals surface area contributed by atoms with Gasteiger partial charge in [0.25, 0.3) is 0 Å². The molecule has 0 aliphatic carbocycles. The first-order valence-electron chi connectivity index (χ1n) is 8.68. The standard InChI is InChI=1S/C20H24N2O3/c23-20(14-21-13-16-6-2-1-3-7-16)22-17-8-4-9-18(12-17)25-15-19-10-5-11-24-19/h1-4,6-9,12,19,21H,5,10-11,13-15H2,(H,22,23). The number of carbonyl (C=O) groups is 1. The smallest absolute Gasteiger partial charge is 0.238 e. The maximum Gasteiger partial charge on any atom is 0.238 e. The first-order chi connectivity index (χ1) is 12.3. The summed E-state index contributed by atoms with van der Waals surface area (Å²) < 4.78 is 11.3. The van der Waals surface area contributed by atoms with Gasteiger partial charge in [-0.3, -0.25) is 4.79 Å². The third-order valence-electron chi connectivity index (χ3n) is 4.04. The second kappa shape index (κ2) is 9.20. The summed E-state index contributed by atoms with van der Waals surface area (Å²) >= 11 is 0. The van der Waals surface area contributed by atoms with Crippen molar-refractivity contribution in [3.8, 4) is 5.75 Å². The van der Waals surface area contributed by atoms with Crippen LogP contribution in [0.2, 0.25) is 0 Å². The molecule has 1 fully saturated rings. The largest absolute Gasteiger partial charge is 0.491 e. The molecule has 5 nitrogen and oxygen atoms in total. The van der Waals surface area contributed by atoms with Gasteiger partial charge in [-0.1, -0.05) is 36.4 Å². The molecular formula is C20H24N2O3. The predicted molar refractivity (Wildman–Crippen MR) is 97.7 cm³/mol. The average Bonchev–Trinajstić information content (AvgIpc) is 3.15. The molecule has 0 aromatic heterocycles. The number of ether oxygens (including phenoxy) is 2. The maximum atomic E-state index is 12.0. The van der Waals surface area contributed by atoms with Crippen molar-refractivity contribution in [3.63, 3.8) is 0 Å². The summed E-state index contributed by atoms with van der Waals surface area (Å²) in [6.07, 6.45) is 2.32. The summed E-state index contributed by atoms with van der Waals surface area (Å²) in [4.78, 5) is 12.0. The van der Waals surface area contributed by atoms with Crippen LogP contribution >= 0.6 is 0 Å². The van der Waals surface area contributed by atoms with E-state index in [4.69, 9.17) is 9.47 Å². The van der Waals surface area contributed by atoms with Crippen LogP contribution < -0.4 is 15.4 Å². The van der Waals surface area contributed by atoms with Gasteiger partial charge in [0, 0.05) is 24.9 Å². The SMILES string of the molecule is O=C(CNCc1ccccc1)Nc1cccc(OCC2CCCO2)c1. The minimum Gasteiger partial charge on any atom is -0.491 e. The molecule has 1 amide bonds. The van der Waals surface area contributed by atoms with Crippen LogP contribution in [0.1, 0.15) is 18.4 Å². The summed E-state index contributed by atoms with van der Waals surface area (Å²) in [5.74, 6) is 0.665. The normalized spacial score (nSPS) is 16.6. The fraction of sp³-hybridized carbons (Fsp3) is 0.350. The van der Waals surface area contributed by atoms with Crippen molar-refractivity contribution >= 4 is 11.6 Å². The third kappa shape index (κ3) is 5.89. The molecule has 132 valence electrons. The van der Waals surface area contributed by atoms with Gasteiger partial charge in [-0.2, -0.15) is 0 Å². The molecule has 2 aromatic carbocycles. The van der Waals surface area contributed by atoms with Crippen LogP contribution in [-0.2, 0) is 16.1 Å². The quantitative estimate of drug-likeness (QED) is 0.776. The van der Waals surface area contributed by atoms with Crippen LogP contribution in [0, 0.1) is 0 Å². The highest BCUT2D eigenvalue weighted by Gasteiger charge is 2.16. The minimum atomic E-state index is -0.0767. The van der Waals surface area contributed by atoms with E-state index in [1.165, 1.54) is 0 Å². The molecule has 5 heteroatoms. The van der Waals surface area contributed by atoms with Crippen LogP contribution in [0.25, 0.3) is 0 Å². The summed E-state index contributed by atoms with van der Waals surface area (Å²) in [5.41, 5.74) is 1.89. The molecule has 1 atom stereocenters. The number of amides is 1. The van der Waals surface area contributed by atoms with Gasteiger partial charge in [-0.25, -0.2) is 0 Å². The van der Waals surface area contributed by atoms with Gasteiger partial charge in [0.05, 0.1) is 12.6 Å². The second-order valence-corrected chi connectivity index (χ2v) is 6.11. The summed E-state index contributed by atoms with van der Waals surface area (Å²) in [6.45, 7) is 2.30. The molecule has 2 N–H and O–H groups in total. The van der Waals surface area contributed by atoms with Crippen molar-refractivity contribution in [2.24, 2.45) is 0 Å². The molecule has 1 unspecified atom stereocenters. The Kier molecular flexibility index (Phi) is 6.42. The van der Waals surface area contributed by atoms with Crippen LogP contribution in [0.5, 0.6) is 5.75 Å². The topological polar surface area (TPSA) is 59.6 Å². The Morgan fingerprint density at radius 1 is 1.16 bits per heavy atom. The first-order valence-corrected chi connectivity index (χ1v) is 8.68. The van der Waals surface area contributed by atoms with Crippen molar-refractivity contribution < 1.29 is 14.3 Å². The predicted octanol–water partition coefficient (Wildman–Crippen LogP) is 2.97. The van der Waals surface area contributed by atoms with E-state index in [1.54, 1.807) is 0 Å². The Morgan fingerprint density at radius 3 is 2.84 bits per heavy atom. The molecular weight excluding hydrogens is 316 g/mol. The van der Waals surface area contributed by atoms with Gasteiger partial charge in [-0.15, -0.1) is 0 Å². The summed E-state index contributed by atoms with van der Waals surface area (Å²) in [5, 5.41) is 6.02. The van der Waals surface area contributed by atoms with Gasteiger partial charge in [-0.05, 0) is 30.5 Å². The van der Waals surface area contributed by atoms with Gasteiger partial charge in [0.15, 0.2) is 0 Å². The average molecular weight is 340 g/mol. The van der Waals surface area contributed by atoms with Gasteiger partial charge < -0.3 is 20.1 Å². The molecule has 0 bridgehead atoms. The lowest BCUT2D eigenvalue weighted by Gasteiger charge is -2.12. The summed E-state index contributed by atoms with van der Waals surface area (Å²) in [6, 6.07) is 17.5. The van der Waals surface area contributed by atoms with Crippen molar-refractivity contribution in [1.29, 1.82) is 0 Å². The van der Waals surface area contributed by atoms with Gasteiger partial charge in [0.1, 0.15) is 12.4 Å². The van der Waals surface area contributed by atoms with E-state index >= 15 is 0 Å². The van der Waals surface area contributed by atoms with Crippen LogP contribution in [0.15, 0.2) is 54.6 Å². The van der Waals surface area contributed by atoms with E-state index in [0.29, 0.717) is 13.2 Å². The number of rotatable bonds is 8. The maximum absolute atomic E-state index is 12.0. The lowest BCUT2D eigenvalue weighted by molar-refractivity contribution is -0.115. The van der Waals surface area contributed by atoms with E-state index in [2.05, 4.69) is 10.6 Å². The molecule has 1 aliphatic rings. The van der Waals surface area contributed by atoms with Crippen LogP contribution in [-0.4, -0.2) is 31.8 Å². The zero-order valence-electron chi connectivity index (χ0n) is 14.2. The number of anilines is 1. The third-order valence-corrected chi connectivity index (χ3v) is 4.04. The number of hydrogen-bond acceptors (Lipinski definition) is 4. The summed E-state index contributed by atoms with van der Waals surface area (Å²) in [7, 11) is 0. The molecule has 2 aromatic rings. The van der Waals surface area contributed by atoms with Crippen molar-refractivity contribution in [2.75, 3.05) is 25.1 Å². The van der Waals surface area contributed by atoms with E-state index in [1.807, 2.05) is 54.6 Å². The number of hydrogen-bond donors (Lipinski definition) is 2. The Bertz CT molecular complexity index is 670. The highest BCUT2D eigenvalue weighted by Crippen LogP contribution is 2.19. The number of benzene rings is 2. The Hall–Kier alpha value is -2.37. The Balaban J connectivity index is 1.42. The van der Waals surface area contributed by atoms with Crippen LogP contribution in [0.3, 0.4) is 0 Å². The molecule has 0 radical (unpaired) electrons. The van der Waals surface area contributed by atoms with Crippen molar-refractivity contribution in [3.05, 3.63) is 60.2 Å². The highest BCUT2D eigenvalue weighted by molar-refractivity contribution is 5.92. The first kappa shape index (κ1) is 17.5. The fourth-order valence-electron chi connectivity index (χ4n) is 2.75. The fourth-order valence-corrected chi connectivity index (χ4v) is 2.75. The van der Waals surface area contributed by atoms with Gasteiger partial charge >= 0.3 is 0 Å². The molecule has 0 spiro atoms. The molecule has 1 saturated heterocycles. The number of carbonyl (C=O) groups excluding carboxylic acids is 1. The molecule has 3 rings (SSSR count). The minimum absolute atomic E-state index is 0.0767. The van der Waals surface area contributed by atoms with Gasteiger partial charge in [0.2, 0.25) is 5.91 Å². The van der Waals surface area contributed by atoms with Crippen LogP contribution in [0.4, 0.5) is 5.69 Å². The van der Waals surface area contributed by atoms with Crippen molar-refractivity contribution in [2.45, 2.75) is 25.5 Å². The monoisotopic (exact) mass is 340 g/mol. The highest BCUT2D eigenvalue weighted by atomic mass is 16.5. The Labute approximate surface area is 148 Å². The van der Waals surface area contributed by atoms with Crippen molar-refractivity contribution in [1.82, 2.24) is 5.32 Å². The van der Waals surface area contributed by atoms with E-state index in [-0.39, 0.29) is 18.6 Å². The van der Waals surface area contributed by atoms with E-state index < -0.39 is 0 Å². The number of nitrogens with one attached hydrogen (secondary N) is 2. The molecule has 1 aliphatic heterocycles. The molecule has 1 heterocycles. The second-order valence-electron chi connectivity index (χ2n) is 6.11. The van der Waals surface area contributed by atoms with E-state index in [0.717, 1.165) is 36.4 Å². The lowest BCUT2D eigenvalue weighted by Crippen LogP contribution is -2.27. The van der Waals surface area contributed by atoms with E-state index in [9.17, 15) is 4.79 Å². The lowest BCUT2D eigenvalue weighted by atomic mass is 10.2. The zero-order chi connectivity index (χ0) is 17.3. The molecule has 0 saturated carbocycles. The zero-order valence-corrected chi connectivity index (χ0v) is 14.2. The Morgan fingerprint density at radius 2 is 2.04 bits per heavy atom.